The maximum Gasteiger partial charge on any atom is 0.254 e. The number of carbonyl (C=O) groups is 1. The van der Waals surface area contributed by atoms with Crippen LogP contribution in [0, 0.1) is 6.92 Å². The molecule has 138 valence electrons. The SMILES string of the molecule is Cc1ccccc1CN(C)C(=O)c1cc(-c2ccncc2)nc2ccccc12. The van der Waals surface area contributed by atoms with Crippen LogP contribution in [-0.2, 0) is 6.54 Å². The van der Waals surface area contributed by atoms with Crippen LogP contribution in [0.4, 0.5) is 0 Å². The van der Waals surface area contributed by atoms with E-state index in [0.29, 0.717) is 12.1 Å². The minimum Gasteiger partial charge on any atom is -0.337 e. The summed E-state index contributed by atoms with van der Waals surface area (Å²) in [5.74, 6) is -0.0165. The zero-order valence-corrected chi connectivity index (χ0v) is 16.0. The van der Waals surface area contributed by atoms with Gasteiger partial charge in [0.25, 0.3) is 5.91 Å². The van der Waals surface area contributed by atoms with Crippen LogP contribution in [0.3, 0.4) is 0 Å². The maximum atomic E-state index is 13.3. The molecule has 4 nitrogen and oxygen atoms in total. The van der Waals surface area contributed by atoms with Crippen LogP contribution >= 0.6 is 0 Å². The largest absolute Gasteiger partial charge is 0.337 e. The Kier molecular flexibility index (Phi) is 4.85. The Morgan fingerprint density at radius 1 is 0.964 bits per heavy atom. The molecule has 0 bridgehead atoms. The van der Waals surface area contributed by atoms with E-state index in [1.807, 2.05) is 61.6 Å². The van der Waals surface area contributed by atoms with Crippen LogP contribution in [0.25, 0.3) is 22.2 Å². The van der Waals surface area contributed by atoms with Crippen molar-refractivity contribution in [2.24, 2.45) is 0 Å². The van der Waals surface area contributed by atoms with Crippen LogP contribution in [0.1, 0.15) is 21.5 Å². The molecule has 4 heteroatoms. The molecule has 1 amide bonds. The van der Waals surface area contributed by atoms with E-state index in [4.69, 9.17) is 4.98 Å². The minimum atomic E-state index is -0.0165. The van der Waals surface area contributed by atoms with Gasteiger partial charge in [-0.15, -0.1) is 0 Å². The molecule has 4 rings (SSSR count). The predicted molar refractivity (Wildman–Crippen MR) is 112 cm³/mol. The van der Waals surface area contributed by atoms with E-state index in [9.17, 15) is 4.79 Å². The zero-order chi connectivity index (χ0) is 19.5. The van der Waals surface area contributed by atoms with E-state index in [-0.39, 0.29) is 5.91 Å². The van der Waals surface area contributed by atoms with Crippen molar-refractivity contribution in [3.05, 3.63) is 95.8 Å². The first-order chi connectivity index (χ1) is 13.6. The van der Waals surface area contributed by atoms with Gasteiger partial charge in [0.1, 0.15) is 0 Å². The molecule has 28 heavy (non-hydrogen) atoms. The number of carbonyl (C=O) groups excluding carboxylic acids is 1. The molecule has 0 radical (unpaired) electrons. The van der Waals surface area contributed by atoms with E-state index in [1.165, 1.54) is 5.56 Å². The van der Waals surface area contributed by atoms with Crippen LogP contribution < -0.4 is 0 Å². The second kappa shape index (κ2) is 7.61. The molecular weight excluding hydrogens is 346 g/mol. The summed E-state index contributed by atoms with van der Waals surface area (Å²) < 4.78 is 0. The number of nitrogens with zero attached hydrogens (tertiary/aromatic N) is 3. The first kappa shape index (κ1) is 17.9. The van der Waals surface area contributed by atoms with E-state index in [2.05, 4.69) is 24.0 Å². The lowest BCUT2D eigenvalue weighted by Crippen LogP contribution is -2.27. The van der Waals surface area contributed by atoms with Crippen LogP contribution in [-0.4, -0.2) is 27.8 Å². The number of para-hydroxylation sites is 1. The number of rotatable bonds is 4. The maximum absolute atomic E-state index is 13.3. The molecule has 0 aliphatic carbocycles. The smallest absolute Gasteiger partial charge is 0.254 e. The average Bonchev–Trinajstić information content (AvgIpc) is 2.74. The molecule has 0 aliphatic rings. The highest BCUT2D eigenvalue weighted by Gasteiger charge is 2.18. The Bertz CT molecular complexity index is 1140. The molecule has 0 saturated carbocycles. The first-order valence-electron chi connectivity index (χ1n) is 9.23. The van der Waals surface area contributed by atoms with Gasteiger partial charge in [0, 0.05) is 36.9 Å². The summed E-state index contributed by atoms with van der Waals surface area (Å²) in [6.07, 6.45) is 3.47. The number of pyridine rings is 2. The summed E-state index contributed by atoms with van der Waals surface area (Å²) in [7, 11) is 1.84. The van der Waals surface area contributed by atoms with Gasteiger partial charge in [-0.25, -0.2) is 4.98 Å². The molecule has 0 saturated heterocycles. The molecule has 2 aromatic heterocycles. The summed E-state index contributed by atoms with van der Waals surface area (Å²) in [6, 6.07) is 21.6. The van der Waals surface area contributed by atoms with Crippen LogP contribution in [0.2, 0.25) is 0 Å². The number of aromatic nitrogens is 2. The van der Waals surface area contributed by atoms with Crippen molar-refractivity contribution in [3.63, 3.8) is 0 Å². The summed E-state index contributed by atoms with van der Waals surface area (Å²) >= 11 is 0. The summed E-state index contributed by atoms with van der Waals surface area (Å²) in [4.78, 5) is 23.9. The quantitative estimate of drug-likeness (QED) is 0.516. The predicted octanol–water partition coefficient (Wildman–Crippen LogP) is 4.88. The Hall–Kier alpha value is -3.53. The second-order valence-electron chi connectivity index (χ2n) is 6.90. The van der Waals surface area contributed by atoms with Crippen molar-refractivity contribution < 1.29 is 4.79 Å². The highest BCUT2D eigenvalue weighted by atomic mass is 16.2. The van der Waals surface area contributed by atoms with Gasteiger partial charge in [-0.2, -0.15) is 0 Å². The highest BCUT2D eigenvalue weighted by molar-refractivity contribution is 6.07. The van der Waals surface area contributed by atoms with Gasteiger partial charge in [-0.3, -0.25) is 9.78 Å². The Morgan fingerprint density at radius 3 is 2.46 bits per heavy atom. The van der Waals surface area contributed by atoms with Crippen molar-refractivity contribution in [3.8, 4) is 11.3 Å². The molecule has 2 heterocycles. The third-order valence-electron chi connectivity index (χ3n) is 4.94. The minimum absolute atomic E-state index is 0.0165. The Labute approximate surface area is 164 Å². The lowest BCUT2D eigenvalue weighted by atomic mass is 10.0. The lowest BCUT2D eigenvalue weighted by molar-refractivity contribution is 0.0787. The molecule has 0 aliphatic heterocycles. The first-order valence-corrected chi connectivity index (χ1v) is 9.23. The number of aryl methyl sites for hydroxylation is 1. The van der Waals surface area contributed by atoms with Crippen LogP contribution in [0.5, 0.6) is 0 Å². The molecule has 0 unspecified atom stereocenters. The van der Waals surface area contributed by atoms with E-state index < -0.39 is 0 Å². The third kappa shape index (κ3) is 3.49. The number of benzene rings is 2. The van der Waals surface area contributed by atoms with Gasteiger partial charge in [-0.1, -0.05) is 42.5 Å². The van der Waals surface area contributed by atoms with Gasteiger partial charge in [0.2, 0.25) is 0 Å². The van der Waals surface area contributed by atoms with Gasteiger partial charge in [-0.05, 0) is 42.3 Å². The van der Waals surface area contributed by atoms with Crippen molar-refractivity contribution in [2.75, 3.05) is 7.05 Å². The molecule has 2 aromatic carbocycles. The van der Waals surface area contributed by atoms with E-state index in [1.54, 1.807) is 17.3 Å². The molecule has 0 fully saturated rings. The average molecular weight is 367 g/mol. The van der Waals surface area contributed by atoms with Crippen molar-refractivity contribution in [1.29, 1.82) is 0 Å². The molecular formula is C24H21N3O. The van der Waals surface area contributed by atoms with Gasteiger partial charge in [0.05, 0.1) is 16.8 Å². The second-order valence-corrected chi connectivity index (χ2v) is 6.90. The van der Waals surface area contributed by atoms with Gasteiger partial charge < -0.3 is 4.90 Å². The number of fused-ring (bicyclic) bond motifs is 1. The fraction of sp³-hybridized carbons (Fsp3) is 0.125. The number of hydrogen-bond donors (Lipinski definition) is 0. The summed E-state index contributed by atoms with van der Waals surface area (Å²) in [6.45, 7) is 2.63. The number of amides is 1. The van der Waals surface area contributed by atoms with E-state index >= 15 is 0 Å². The Morgan fingerprint density at radius 2 is 1.68 bits per heavy atom. The normalized spacial score (nSPS) is 10.8. The van der Waals surface area contributed by atoms with Crippen LogP contribution in [0.15, 0.2) is 79.1 Å². The monoisotopic (exact) mass is 367 g/mol. The van der Waals surface area contributed by atoms with Gasteiger partial charge in [0.15, 0.2) is 0 Å². The molecule has 0 N–H and O–H groups in total. The summed E-state index contributed by atoms with van der Waals surface area (Å²) in [5.41, 5.74) is 5.51. The standard InChI is InChI=1S/C24H21N3O/c1-17-7-3-4-8-19(17)16-27(2)24(28)21-15-23(18-11-13-25-14-12-18)26-22-10-6-5-9-20(21)22/h3-15H,16H2,1-2H3. The summed E-state index contributed by atoms with van der Waals surface area (Å²) in [5, 5.41) is 0.863. The van der Waals surface area contributed by atoms with Crippen molar-refractivity contribution in [2.45, 2.75) is 13.5 Å². The Balaban J connectivity index is 1.76. The van der Waals surface area contributed by atoms with Crippen molar-refractivity contribution in [1.82, 2.24) is 14.9 Å². The van der Waals surface area contributed by atoms with Crippen molar-refractivity contribution >= 4 is 16.8 Å². The van der Waals surface area contributed by atoms with Gasteiger partial charge >= 0.3 is 0 Å². The highest BCUT2D eigenvalue weighted by Crippen LogP contribution is 2.26. The zero-order valence-electron chi connectivity index (χ0n) is 16.0. The number of hydrogen-bond acceptors (Lipinski definition) is 3. The van der Waals surface area contributed by atoms with E-state index in [0.717, 1.165) is 27.7 Å². The molecule has 0 spiro atoms. The molecule has 0 atom stereocenters. The fourth-order valence-electron chi connectivity index (χ4n) is 3.34. The lowest BCUT2D eigenvalue weighted by Gasteiger charge is -2.20. The fourth-order valence-corrected chi connectivity index (χ4v) is 3.34. The third-order valence-corrected chi connectivity index (χ3v) is 4.94. The molecule has 4 aromatic rings. The topological polar surface area (TPSA) is 46.1 Å².